The molecule has 0 bridgehead atoms. The van der Waals surface area contributed by atoms with Gasteiger partial charge in [0.25, 0.3) is 0 Å². The third-order valence-electron chi connectivity index (χ3n) is 8.63. The van der Waals surface area contributed by atoms with Gasteiger partial charge in [0, 0.05) is 12.8 Å². The second kappa shape index (κ2) is 37.0. The molecule has 0 unspecified atom stereocenters. The Kier molecular flexibility index (Phi) is 35.8. The lowest BCUT2D eigenvalue weighted by molar-refractivity contribution is -0.161. The largest absolute Gasteiger partial charge is 0.469 e. The fourth-order valence-corrected chi connectivity index (χ4v) is 5.92. The van der Waals surface area contributed by atoms with Crippen LogP contribution in [0, 0.1) is 0 Å². The predicted octanol–water partition coefficient (Wildman–Crippen LogP) is 12.2. The summed E-state index contributed by atoms with van der Waals surface area (Å²) in [5.74, 6) is -0.894. The van der Waals surface area contributed by atoms with Crippen LogP contribution in [0.25, 0.3) is 0 Å². The van der Waals surface area contributed by atoms with Gasteiger partial charge >= 0.3 is 19.8 Å². The van der Waals surface area contributed by atoms with Crippen LogP contribution in [-0.2, 0) is 28.2 Å². The molecule has 0 radical (unpaired) electrons. The number of carbonyl (C=O) groups is 2. The molecule has 0 heterocycles. The molecule has 0 rings (SSSR count). The van der Waals surface area contributed by atoms with E-state index in [-0.39, 0.29) is 19.4 Å². The van der Waals surface area contributed by atoms with Crippen LogP contribution in [0.5, 0.6) is 0 Å². The van der Waals surface area contributed by atoms with Crippen molar-refractivity contribution in [3.8, 4) is 0 Å². The second-order valence-electron chi connectivity index (χ2n) is 13.6. The lowest BCUT2D eigenvalue weighted by Crippen LogP contribution is -2.29. The fraction of sp³-hybridized carbons (Fsp3) is 0.805. The average molecular weight is 727 g/mol. The van der Waals surface area contributed by atoms with Gasteiger partial charge in [0.2, 0.25) is 0 Å². The Labute approximate surface area is 306 Å². The average Bonchev–Trinajstić information content (AvgIpc) is 3.08. The highest BCUT2D eigenvalue weighted by Gasteiger charge is 2.22. The molecule has 9 heteroatoms. The van der Waals surface area contributed by atoms with Crippen LogP contribution in [0.4, 0.5) is 0 Å². The number of rotatable bonds is 37. The Balaban J connectivity index is 3.94. The van der Waals surface area contributed by atoms with Crippen molar-refractivity contribution in [1.29, 1.82) is 0 Å². The van der Waals surface area contributed by atoms with E-state index in [0.717, 1.165) is 51.4 Å². The number of hydrogen-bond donors (Lipinski definition) is 2. The molecule has 50 heavy (non-hydrogen) atoms. The topological polar surface area (TPSA) is 119 Å². The second-order valence-corrected chi connectivity index (χ2v) is 14.8. The molecule has 0 saturated heterocycles. The number of carbonyl (C=O) groups excluding carboxylic acids is 2. The first-order chi connectivity index (χ1) is 24.3. The fourth-order valence-electron chi connectivity index (χ4n) is 5.56. The van der Waals surface area contributed by atoms with Crippen molar-refractivity contribution in [3.63, 3.8) is 0 Å². The van der Waals surface area contributed by atoms with Crippen molar-refractivity contribution in [2.75, 3.05) is 13.2 Å². The van der Waals surface area contributed by atoms with Crippen LogP contribution in [0.15, 0.2) is 36.5 Å². The Bertz CT molecular complexity index is 910. The highest BCUT2D eigenvalue weighted by atomic mass is 31.2. The van der Waals surface area contributed by atoms with Gasteiger partial charge in [-0.2, -0.15) is 0 Å². The minimum Gasteiger partial charge on any atom is -0.462 e. The van der Waals surface area contributed by atoms with Gasteiger partial charge in [-0.1, -0.05) is 153 Å². The molecule has 0 fully saturated rings. The number of phosphoric acid groups is 1. The van der Waals surface area contributed by atoms with Gasteiger partial charge in [0.05, 0.1) is 6.61 Å². The summed E-state index contributed by atoms with van der Waals surface area (Å²) in [5, 5.41) is 0. The smallest absolute Gasteiger partial charge is 0.462 e. The first kappa shape index (κ1) is 48.3. The Morgan fingerprint density at radius 2 is 0.920 bits per heavy atom. The minimum absolute atomic E-state index is 0.208. The van der Waals surface area contributed by atoms with Gasteiger partial charge in [-0.15, -0.1) is 0 Å². The standard InChI is InChI=1S/C41H75O8P/c1-3-5-7-9-11-13-15-17-19-20-22-23-25-27-29-31-33-35-40(42)47-37-39(38-48-50(44,45)46)49-41(43)36-34-32-30-28-26-24-21-18-16-14-12-10-8-6-4-2/h10-13,17,19,39H,3-9,14-16,18,20-38H2,1-2H3,(H2,44,45,46)/b12-10+,13-11+,19-17+/t39-/m1/s1. The Morgan fingerprint density at radius 1 is 0.520 bits per heavy atom. The SMILES string of the molecule is CCCC/C=C/CCCCCCCCCCCC(=O)O[C@H](COC(=O)CCCCCCCCC/C=C/C/C=C/CCCCC)COP(=O)(O)O. The van der Waals surface area contributed by atoms with Gasteiger partial charge in [-0.25, -0.2) is 4.57 Å². The number of unbranched alkanes of at least 4 members (excludes halogenated alkanes) is 21. The minimum atomic E-state index is -4.75. The normalized spacial score (nSPS) is 12.8. The van der Waals surface area contributed by atoms with E-state index in [1.165, 1.54) is 103 Å². The molecular weight excluding hydrogens is 651 g/mol. The van der Waals surface area contributed by atoms with Crippen LogP contribution in [0.3, 0.4) is 0 Å². The van der Waals surface area contributed by atoms with E-state index in [1.807, 2.05) is 0 Å². The third-order valence-corrected chi connectivity index (χ3v) is 9.12. The van der Waals surface area contributed by atoms with Crippen molar-refractivity contribution < 1.29 is 37.9 Å². The lowest BCUT2D eigenvalue weighted by Gasteiger charge is -2.18. The van der Waals surface area contributed by atoms with Gasteiger partial charge in [-0.3, -0.25) is 14.1 Å². The van der Waals surface area contributed by atoms with Crippen LogP contribution in [0.2, 0.25) is 0 Å². The molecular formula is C41H75O8P. The Hall–Kier alpha value is -1.73. The summed E-state index contributed by atoms with van der Waals surface area (Å²) in [6, 6.07) is 0. The van der Waals surface area contributed by atoms with Gasteiger partial charge in [-0.05, 0) is 64.2 Å². The molecule has 0 aromatic rings. The quantitative estimate of drug-likeness (QED) is 0.0281. The van der Waals surface area contributed by atoms with Crippen molar-refractivity contribution in [3.05, 3.63) is 36.5 Å². The molecule has 0 aliphatic carbocycles. The Morgan fingerprint density at radius 3 is 1.40 bits per heavy atom. The van der Waals surface area contributed by atoms with Gasteiger partial charge in [0.1, 0.15) is 6.61 Å². The summed E-state index contributed by atoms with van der Waals surface area (Å²) in [7, 11) is -4.75. The van der Waals surface area contributed by atoms with E-state index in [0.29, 0.717) is 12.8 Å². The molecule has 0 spiro atoms. The maximum absolute atomic E-state index is 12.4. The molecule has 0 aliphatic rings. The van der Waals surface area contributed by atoms with Crippen LogP contribution in [-0.4, -0.2) is 41.0 Å². The molecule has 0 saturated carbocycles. The molecule has 1 atom stereocenters. The van der Waals surface area contributed by atoms with Crippen molar-refractivity contribution >= 4 is 19.8 Å². The van der Waals surface area contributed by atoms with E-state index < -0.39 is 32.5 Å². The van der Waals surface area contributed by atoms with Gasteiger partial charge in [0.15, 0.2) is 6.10 Å². The van der Waals surface area contributed by atoms with E-state index in [2.05, 4.69) is 54.8 Å². The zero-order valence-corrected chi connectivity index (χ0v) is 32.9. The van der Waals surface area contributed by atoms with Crippen LogP contribution in [0.1, 0.15) is 194 Å². The van der Waals surface area contributed by atoms with E-state index in [9.17, 15) is 14.2 Å². The number of ether oxygens (including phenoxy) is 2. The van der Waals surface area contributed by atoms with Crippen LogP contribution < -0.4 is 0 Å². The third kappa shape index (κ3) is 39.1. The molecule has 0 aromatic heterocycles. The lowest BCUT2D eigenvalue weighted by atomic mass is 10.1. The monoisotopic (exact) mass is 727 g/mol. The maximum Gasteiger partial charge on any atom is 0.469 e. The summed E-state index contributed by atoms with van der Waals surface area (Å²) >= 11 is 0. The summed E-state index contributed by atoms with van der Waals surface area (Å²) in [6.07, 6.45) is 42.9. The molecule has 292 valence electrons. The van der Waals surface area contributed by atoms with Crippen LogP contribution >= 0.6 is 7.82 Å². The summed E-state index contributed by atoms with van der Waals surface area (Å²) in [6.45, 7) is 3.62. The molecule has 0 aromatic carbocycles. The van der Waals surface area contributed by atoms with E-state index in [1.54, 1.807) is 0 Å². The predicted molar refractivity (Wildman–Crippen MR) is 207 cm³/mol. The van der Waals surface area contributed by atoms with E-state index >= 15 is 0 Å². The molecule has 2 N–H and O–H groups in total. The van der Waals surface area contributed by atoms with Crippen molar-refractivity contribution in [2.45, 2.75) is 200 Å². The molecule has 8 nitrogen and oxygen atoms in total. The summed E-state index contributed by atoms with van der Waals surface area (Å²) < 4.78 is 26.4. The zero-order valence-electron chi connectivity index (χ0n) is 32.0. The first-order valence-electron chi connectivity index (χ1n) is 20.3. The van der Waals surface area contributed by atoms with Gasteiger partial charge < -0.3 is 19.3 Å². The first-order valence-corrected chi connectivity index (χ1v) is 21.8. The molecule has 0 aliphatic heterocycles. The highest BCUT2D eigenvalue weighted by Crippen LogP contribution is 2.36. The number of esters is 2. The zero-order chi connectivity index (χ0) is 36.8. The van der Waals surface area contributed by atoms with Crippen molar-refractivity contribution in [1.82, 2.24) is 0 Å². The number of hydrogen-bond acceptors (Lipinski definition) is 6. The van der Waals surface area contributed by atoms with E-state index in [4.69, 9.17) is 19.3 Å². The summed E-state index contributed by atoms with van der Waals surface area (Å²) in [4.78, 5) is 42.8. The summed E-state index contributed by atoms with van der Waals surface area (Å²) in [5.41, 5.74) is 0. The maximum atomic E-state index is 12.4. The highest BCUT2D eigenvalue weighted by molar-refractivity contribution is 7.46. The number of allylic oxidation sites excluding steroid dienone is 6. The molecule has 0 amide bonds. The number of phosphoric ester groups is 1. The van der Waals surface area contributed by atoms with Crippen molar-refractivity contribution in [2.24, 2.45) is 0 Å².